The van der Waals surface area contributed by atoms with Crippen molar-refractivity contribution in [1.29, 1.82) is 0 Å². The molecule has 0 aromatic carbocycles. The first-order valence-corrected chi connectivity index (χ1v) is 31.5. The lowest BCUT2D eigenvalue weighted by Gasteiger charge is -2.46. The summed E-state index contributed by atoms with van der Waals surface area (Å²) < 4.78 is 22.8. The molecule has 2 fully saturated rings. The van der Waals surface area contributed by atoms with E-state index >= 15 is 0 Å². The van der Waals surface area contributed by atoms with Gasteiger partial charge in [-0.25, -0.2) is 0 Å². The van der Waals surface area contributed by atoms with Crippen LogP contribution in [0.2, 0.25) is 0 Å². The first-order chi connectivity index (χ1) is 38.1. The second-order valence-corrected chi connectivity index (χ2v) is 22.2. The first kappa shape index (κ1) is 71.8. The van der Waals surface area contributed by atoms with Crippen LogP contribution in [0.4, 0.5) is 0 Å². The second-order valence-electron chi connectivity index (χ2n) is 22.2. The molecule has 9 N–H and O–H groups in total. The molecular formula is C64H115NO13. The van der Waals surface area contributed by atoms with Crippen LogP contribution in [0.15, 0.2) is 60.8 Å². The van der Waals surface area contributed by atoms with Crippen LogP contribution in [-0.4, -0.2) is 140 Å². The Morgan fingerprint density at radius 1 is 0.462 bits per heavy atom. The third kappa shape index (κ3) is 34.2. The zero-order valence-corrected chi connectivity index (χ0v) is 48.9. The normalized spacial score (nSPS) is 24.9. The lowest BCUT2D eigenvalue weighted by Crippen LogP contribution is -2.65. The van der Waals surface area contributed by atoms with E-state index < -0.39 is 86.8 Å². The minimum absolute atomic E-state index is 0.251. The van der Waals surface area contributed by atoms with Gasteiger partial charge in [0.1, 0.15) is 48.8 Å². The lowest BCUT2D eigenvalue weighted by atomic mass is 9.97. The zero-order valence-electron chi connectivity index (χ0n) is 48.9. The monoisotopic (exact) mass is 1110 g/mol. The van der Waals surface area contributed by atoms with Crippen LogP contribution in [0.1, 0.15) is 245 Å². The molecule has 2 saturated heterocycles. The number of hydrogen-bond acceptors (Lipinski definition) is 13. The van der Waals surface area contributed by atoms with Crippen LogP contribution in [0.3, 0.4) is 0 Å². The number of allylic oxidation sites excluding steroid dienone is 9. The fourth-order valence-corrected chi connectivity index (χ4v) is 10.1. The largest absolute Gasteiger partial charge is 0.394 e. The van der Waals surface area contributed by atoms with Crippen molar-refractivity contribution in [1.82, 2.24) is 5.32 Å². The summed E-state index contributed by atoms with van der Waals surface area (Å²) in [6.45, 7) is 2.78. The molecule has 2 aliphatic rings. The van der Waals surface area contributed by atoms with Crippen LogP contribution in [0, 0.1) is 0 Å². The molecule has 0 spiro atoms. The average molecular weight is 1110 g/mol. The van der Waals surface area contributed by atoms with Crippen molar-refractivity contribution in [3.63, 3.8) is 0 Å². The zero-order chi connectivity index (χ0) is 56.7. The van der Waals surface area contributed by atoms with Gasteiger partial charge < -0.3 is 65.1 Å². The molecule has 1 amide bonds. The van der Waals surface area contributed by atoms with Crippen molar-refractivity contribution >= 4 is 5.91 Å². The van der Waals surface area contributed by atoms with Crippen LogP contribution < -0.4 is 5.32 Å². The van der Waals surface area contributed by atoms with Gasteiger partial charge in [0.15, 0.2) is 12.6 Å². The number of carbonyl (C=O) groups excluding carboxylic acids is 1. The molecule has 2 aliphatic heterocycles. The summed E-state index contributed by atoms with van der Waals surface area (Å²) in [5.41, 5.74) is 0. The molecule has 0 aromatic heterocycles. The first-order valence-electron chi connectivity index (χ1n) is 31.5. The number of rotatable bonds is 50. The summed E-state index contributed by atoms with van der Waals surface area (Å²) in [5, 5.41) is 87.1. The van der Waals surface area contributed by atoms with Gasteiger partial charge in [0.05, 0.1) is 32.0 Å². The van der Waals surface area contributed by atoms with Crippen LogP contribution in [-0.2, 0) is 23.7 Å². The molecule has 0 bridgehead atoms. The number of amides is 1. The molecule has 2 heterocycles. The Morgan fingerprint density at radius 3 is 1.35 bits per heavy atom. The minimum atomic E-state index is -1.79. The number of unbranched alkanes of at least 4 members (excludes halogenated alkanes) is 29. The fraction of sp³-hybridized carbons (Fsp3) is 0.828. The lowest BCUT2D eigenvalue weighted by molar-refractivity contribution is -0.359. The van der Waals surface area contributed by atoms with Crippen LogP contribution in [0.5, 0.6) is 0 Å². The number of hydrogen-bond donors (Lipinski definition) is 9. The molecule has 14 heteroatoms. The Kier molecular flexibility index (Phi) is 45.4. The Bertz CT molecular complexity index is 1540. The van der Waals surface area contributed by atoms with Gasteiger partial charge in [0.2, 0.25) is 5.91 Å². The van der Waals surface area contributed by atoms with Gasteiger partial charge in [-0.2, -0.15) is 0 Å². The van der Waals surface area contributed by atoms with Gasteiger partial charge in [-0.05, 0) is 70.6 Å². The summed E-state index contributed by atoms with van der Waals surface area (Å²) in [4.78, 5) is 13.3. The maximum absolute atomic E-state index is 13.3. The van der Waals surface area contributed by atoms with E-state index in [4.69, 9.17) is 18.9 Å². The molecule has 12 atom stereocenters. The van der Waals surface area contributed by atoms with Gasteiger partial charge in [-0.1, -0.05) is 229 Å². The van der Waals surface area contributed by atoms with Gasteiger partial charge in [0.25, 0.3) is 0 Å². The molecule has 454 valence electrons. The third-order valence-corrected chi connectivity index (χ3v) is 15.2. The quantitative estimate of drug-likeness (QED) is 0.0204. The summed E-state index contributed by atoms with van der Waals surface area (Å²) >= 11 is 0. The van der Waals surface area contributed by atoms with E-state index in [1.165, 1.54) is 167 Å². The van der Waals surface area contributed by atoms with Crippen LogP contribution in [0.25, 0.3) is 0 Å². The predicted octanol–water partition coefficient (Wildman–Crippen LogP) is 11.3. The number of carbonyl (C=O) groups is 1. The summed E-state index contributed by atoms with van der Waals surface area (Å²) in [6.07, 6.45) is 46.9. The Labute approximate surface area is 473 Å². The van der Waals surface area contributed by atoms with Crippen molar-refractivity contribution in [3.05, 3.63) is 60.8 Å². The van der Waals surface area contributed by atoms with Crippen LogP contribution >= 0.6 is 0 Å². The predicted molar refractivity (Wildman–Crippen MR) is 314 cm³/mol. The standard InChI is InChI=1S/C64H115NO13/c1-3-5-7-9-11-13-15-17-19-21-22-23-24-25-26-27-28-29-30-32-34-36-38-40-42-44-46-48-56(69)65-52(53(68)47-45-43-41-39-37-35-33-31-20-18-16-14-12-10-8-6-4-2)51-75-63-61(74)59(72)62(55(50-67)77-63)78-64-60(73)58(71)57(70)54(49-66)76-64/h15,17,21-22,24-25,37,39,45,47,52-55,57-64,66-68,70-74H,3-14,16,18-20,23,26-36,38,40-44,46,48-51H2,1-2H3,(H,65,69)/b17-15-,22-21-,25-24-,39-37+,47-45+. The van der Waals surface area contributed by atoms with Crippen molar-refractivity contribution in [3.8, 4) is 0 Å². The number of aliphatic hydroxyl groups excluding tert-OH is 8. The SMILES string of the molecule is CCCCCCC/C=C\C/C=C\C/C=C\CCCCCCCCCCCCCCC(=O)NC(COC1OC(CO)C(OC2OC(CO)C(O)C(O)C2O)C(O)C1O)C(O)/C=C/CC/C=C/CCCCCCCCCCCCC. The summed E-state index contributed by atoms with van der Waals surface area (Å²) in [6, 6.07) is -0.935. The molecule has 2 rings (SSSR count). The van der Waals surface area contributed by atoms with E-state index in [-0.39, 0.29) is 18.9 Å². The van der Waals surface area contributed by atoms with Gasteiger partial charge in [-0.15, -0.1) is 0 Å². The maximum atomic E-state index is 13.3. The Hall–Kier alpha value is -2.31. The van der Waals surface area contributed by atoms with Crippen molar-refractivity contribution in [2.24, 2.45) is 0 Å². The third-order valence-electron chi connectivity index (χ3n) is 15.2. The molecule has 0 aliphatic carbocycles. The molecule has 78 heavy (non-hydrogen) atoms. The average Bonchev–Trinajstić information content (AvgIpc) is 3.44. The maximum Gasteiger partial charge on any atom is 0.220 e. The Morgan fingerprint density at radius 2 is 0.859 bits per heavy atom. The Balaban J connectivity index is 1.73. The molecule has 12 unspecified atom stereocenters. The number of nitrogens with one attached hydrogen (secondary N) is 1. The fourth-order valence-electron chi connectivity index (χ4n) is 10.1. The van der Waals surface area contributed by atoms with E-state index in [9.17, 15) is 45.6 Å². The topological polar surface area (TPSA) is 228 Å². The van der Waals surface area contributed by atoms with E-state index in [0.29, 0.717) is 12.8 Å². The highest BCUT2D eigenvalue weighted by molar-refractivity contribution is 5.76. The van der Waals surface area contributed by atoms with Crippen molar-refractivity contribution < 1.29 is 64.6 Å². The number of ether oxygens (including phenoxy) is 4. The van der Waals surface area contributed by atoms with E-state index in [2.05, 4.69) is 67.8 Å². The summed E-state index contributed by atoms with van der Waals surface area (Å²) in [7, 11) is 0. The molecule has 14 nitrogen and oxygen atoms in total. The summed E-state index contributed by atoms with van der Waals surface area (Å²) in [5.74, 6) is -0.251. The van der Waals surface area contributed by atoms with Gasteiger partial charge in [-0.3, -0.25) is 4.79 Å². The molecule has 0 aromatic rings. The highest BCUT2D eigenvalue weighted by atomic mass is 16.7. The molecular weight excluding hydrogens is 991 g/mol. The molecule has 0 saturated carbocycles. The smallest absolute Gasteiger partial charge is 0.220 e. The number of aliphatic hydroxyl groups is 8. The van der Waals surface area contributed by atoms with E-state index in [0.717, 1.165) is 44.9 Å². The van der Waals surface area contributed by atoms with Gasteiger partial charge >= 0.3 is 0 Å². The highest BCUT2D eigenvalue weighted by Crippen LogP contribution is 2.30. The van der Waals surface area contributed by atoms with Crippen molar-refractivity contribution in [2.45, 2.75) is 319 Å². The van der Waals surface area contributed by atoms with E-state index in [1.807, 2.05) is 6.08 Å². The highest BCUT2D eigenvalue weighted by Gasteiger charge is 2.51. The van der Waals surface area contributed by atoms with E-state index in [1.54, 1.807) is 6.08 Å². The van der Waals surface area contributed by atoms with Crippen molar-refractivity contribution in [2.75, 3.05) is 19.8 Å². The minimum Gasteiger partial charge on any atom is -0.394 e. The second kappa shape index (κ2) is 49.3. The van der Waals surface area contributed by atoms with Gasteiger partial charge in [0, 0.05) is 6.42 Å². The molecule has 0 radical (unpaired) electrons.